The first kappa shape index (κ1) is 12.3. The van der Waals surface area contributed by atoms with E-state index >= 15 is 0 Å². The van der Waals surface area contributed by atoms with Crippen LogP contribution in [0, 0.1) is 0 Å². The number of nitrogens with two attached hydrogens (primary N) is 1. The normalized spacial score (nSPS) is 23.6. The third-order valence-corrected chi connectivity index (χ3v) is 3.87. The quantitative estimate of drug-likeness (QED) is 0.911. The van der Waals surface area contributed by atoms with Crippen molar-refractivity contribution in [2.24, 2.45) is 5.73 Å². The fraction of sp³-hybridized carbons (Fsp3) is 0.312. The Hall–Kier alpha value is -1.71. The Bertz CT molecular complexity index is 526. The van der Waals surface area contributed by atoms with E-state index in [1.807, 2.05) is 12.3 Å². The standard InChI is InChI=1S/C16H19N3/c17-16(15-7-4-9-18-11-15)8-10-19(13-16)12-14-5-2-1-3-6-14/h1-7,9,11H,8,10,12-13,17H2. The monoisotopic (exact) mass is 253 g/mol. The van der Waals surface area contributed by atoms with Crippen molar-refractivity contribution in [3.63, 3.8) is 0 Å². The maximum Gasteiger partial charge on any atom is 0.0566 e. The Labute approximate surface area is 114 Å². The Kier molecular flexibility index (Phi) is 3.32. The molecule has 1 aromatic carbocycles. The van der Waals surface area contributed by atoms with Gasteiger partial charge in [-0.25, -0.2) is 0 Å². The first-order valence-electron chi connectivity index (χ1n) is 6.72. The van der Waals surface area contributed by atoms with Gasteiger partial charge in [0.2, 0.25) is 0 Å². The van der Waals surface area contributed by atoms with E-state index in [1.54, 1.807) is 6.20 Å². The van der Waals surface area contributed by atoms with E-state index in [0.29, 0.717) is 0 Å². The highest BCUT2D eigenvalue weighted by Gasteiger charge is 2.35. The summed E-state index contributed by atoms with van der Waals surface area (Å²) in [5.41, 5.74) is 8.79. The van der Waals surface area contributed by atoms with Gasteiger partial charge >= 0.3 is 0 Å². The lowest BCUT2D eigenvalue weighted by atomic mass is 9.92. The molecule has 3 rings (SSSR count). The molecular weight excluding hydrogens is 234 g/mol. The average molecular weight is 253 g/mol. The first-order chi connectivity index (χ1) is 9.26. The molecular formula is C16H19N3. The highest BCUT2D eigenvalue weighted by molar-refractivity contribution is 5.23. The fourth-order valence-electron chi connectivity index (χ4n) is 2.78. The summed E-state index contributed by atoms with van der Waals surface area (Å²) >= 11 is 0. The van der Waals surface area contributed by atoms with E-state index in [1.165, 1.54) is 5.56 Å². The number of rotatable bonds is 3. The van der Waals surface area contributed by atoms with Crippen molar-refractivity contribution in [2.75, 3.05) is 13.1 Å². The van der Waals surface area contributed by atoms with Gasteiger partial charge < -0.3 is 5.73 Å². The Balaban J connectivity index is 1.70. The zero-order valence-corrected chi connectivity index (χ0v) is 11.0. The first-order valence-corrected chi connectivity index (χ1v) is 6.72. The number of aromatic nitrogens is 1. The van der Waals surface area contributed by atoms with Gasteiger partial charge in [-0.15, -0.1) is 0 Å². The van der Waals surface area contributed by atoms with Gasteiger partial charge in [0, 0.05) is 32.0 Å². The molecule has 0 radical (unpaired) electrons. The molecule has 2 N–H and O–H groups in total. The van der Waals surface area contributed by atoms with Crippen LogP contribution in [0.5, 0.6) is 0 Å². The van der Waals surface area contributed by atoms with Crippen molar-refractivity contribution in [1.82, 2.24) is 9.88 Å². The molecule has 2 heterocycles. The summed E-state index contributed by atoms with van der Waals surface area (Å²) in [7, 11) is 0. The topological polar surface area (TPSA) is 42.1 Å². The van der Waals surface area contributed by atoms with E-state index in [-0.39, 0.29) is 5.54 Å². The second-order valence-electron chi connectivity index (χ2n) is 5.34. The van der Waals surface area contributed by atoms with Gasteiger partial charge in [0.05, 0.1) is 5.54 Å². The van der Waals surface area contributed by atoms with E-state index in [4.69, 9.17) is 5.73 Å². The molecule has 1 atom stereocenters. The van der Waals surface area contributed by atoms with Crippen LogP contribution in [0.3, 0.4) is 0 Å². The third kappa shape index (κ3) is 2.67. The molecule has 1 aliphatic heterocycles. The number of hydrogen-bond donors (Lipinski definition) is 1. The molecule has 1 aromatic heterocycles. The van der Waals surface area contributed by atoms with Gasteiger partial charge in [-0.2, -0.15) is 0 Å². The van der Waals surface area contributed by atoms with E-state index in [2.05, 4.69) is 46.3 Å². The number of hydrogen-bond acceptors (Lipinski definition) is 3. The maximum absolute atomic E-state index is 6.54. The smallest absolute Gasteiger partial charge is 0.0566 e. The predicted octanol–water partition coefficient (Wildman–Crippen LogP) is 2.14. The highest BCUT2D eigenvalue weighted by Crippen LogP contribution is 2.29. The van der Waals surface area contributed by atoms with Crippen LogP contribution in [0.2, 0.25) is 0 Å². The van der Waals surface area contributed by atoms with Crippen molar-refractivity contribution in [1.29, 1.82) is 0 Å². The number of nitrogens with zero attached hydrogens (tertiary/aromatic N) is 2. The summed E-state index contributed by atoms with van der Waals surface area (Å²) in [5.74, 6) is 0. The van der Waals surface area contributed by atoms with Gasteiger partial charge in [-0.05, 0) is 23.6 Å². The SMILES string of the molecule is NC1(c2cccnc2)CCN(Cc2ccccc2)C1. The second kappa shape index (κ2) is 5.11. The maximum atomic E-state index is 6.54. The lowest BCUT2D eigenvalue weighted by Gasteiger charge is -2.25. The molecule has 0 aliphatic carbocycles. The summed E-state index contributed by atoms with van der Waals surface area (Å²) in [6, 6.07) is 14.6. The van der Waals surface area contributed by atoms with Crippen LogP contribution in [0.4, 0.5) is 0 Å². The van der Waals surface area contributed by atoms with Gasteiger partial charge in [-0.1, -0.05) is 36.4 Å². The molecule has 0 amide bonds. The molecule has 0 saturated carbocycles. The minimum Gasteiger partial charge on any atom is -0.320 e. The van der Waals surface area contributed by atoms with Crippen molar-refractivity contribution >= 4 is 0 Å². The van der Waals surface area contributed by atoms with Crippen LogP contribution < -0.4 is 5.73 Å². The van der Waals surface area contributed by atoms with E-state index in [0.717, 1.165) is 31.6 Å². The van der Waals surface area contributed by atoms with Gasteiger partial charge in [0.15, 0.2) is 0 Å². The number of likely N-dealkylation sites (tertiary alicyclic amines) is 1. The second-order valence-corrected chi connectivity index (χ2v) is 5.34. The molecule has 2 aromatic rings. The molecule has 98 valence electrons. The third-order valence-electron chi connectivity index (χ3n) is 3.87. The highest BCUT2D eigenvalue weighted by atomic mass is 15.2. The fourth-order valence-corrected chi connectivity index (χ4v) is 2.78. The van der Waals surface area contributed by atoms with Gasteiger partial charge in [-0.3, -0.25) is 9.88 Å². The van der Waals surface area contributed by atoms with Crippen LogP contribution in [0.15, 0.2) is 54.9 Å². The number of benzene rings is 1. The molecule has 1 unspecified atom stereocenters. The van der Waals surface area contributed by atoms with E-state index in [9.17, 15) is 0 Å². The molecule has 0 bridgehead atoms. The molecule has 19 heavy (non-hydrogen) atoms. The lowest BCUT2D eigenvalue weighted by molar-refractivity contribution is 0.304. The zero-order valence-electron chi connectivity index (χ0n) is 11.0. The molecule has 1 fully saturated rings. The largest absolute Gasteiger partial charge is 0.320 e. The van der Waals surface area contributed by atoms with Crippen LogP contribution in [0.1, 0.15) is 17.5 Å². The lowest BCUT2D eigenvalue weighted by Crippen LogP contribution is -2.39. The van der Waals surface area contributed by atoms with Crippen LogP contribution >= 0.6 is 0 Å². The Morgan fingerprint density at radius 3 is 2.74 bits per heavy atom. The van der Waals surface area contributed by atoms with Crippen LogP contribution in [-0.2, 0) is 12.1 Å². The number of pyridine rings is 1. The van der Waals surface area contributed by atoms with Crippen LogP contribution in [-0.4, -0.2) is 23.0 Å². The summed E-state index contributed by atoms with van der Waals surface area (Å²) in [5, 5.41) is 0. The summed E-state index contributed by atoms with van der Waals surface area (Å²) in [4.78, 5) is 6.60. The average Bonchev–Trinajstić information content (AvgIpc) is 2.84. The summed E-state index contributed by atoms with van der Waals surface area (Å²) in [6.07, 6.45) is 4.68. The molecule has 0 spiro atoms. The Morgan fingerprint density at radius 2 is 2.00 bits per heavy atom. The van der Waals surface area contributed by atoms with Crippen molar-refractivity contribution < 1.29 is 0 Å². The van der Waals surface area contributed by atoms with Crippen molar-refractivity contribution in [3.05, 3.63) is 66.0 Å². The van der Waals surface area contributed by atoms with E-state index < -0.39 is 0 Å². The van der Waals surface area contributed by atoms with Gasteiger partial charge in [0.25, 0.3) is 0 Å². The minimum atomic E-state index is -0.247. The minimum absolute atomic E-state index is 0.247. The zero-order chi connectivity index (χ0) is 13.1. The van der Waals surface area contributed by atoms with Crippen molar-refractivity contribution in [3.8, 4) is 0 Å². The van der Waals surface area contributed by atoms with Crippen LogP contribution in [0.25, 0.3) is 0 Å². The molecule has 1 aliphatic rings. The van der Waals surface area contributed by atoms with Crippen molar-refractivity contribution in [2.45, 2.75) is 18.5 Å². The summed E-state index contributed by atoms with van der Waals surface area (Å²) in [6.45, 7) is 2.91. The molecule has 1 saturated heterocycles. The Morgan fingerprint density at radius 1 is 1.16 bits per heavy atom. The molecule has 3 nitrogen and oxygen atoms in total. The van der Waals surface area contributed by atoms with Gasteiger partial charge in [0.1, 0.15) is 0 Å². The molecule has 3 heteroatoms. The summed E-state index contributed by atoms with van der Waals surface area (Å²) < 4.78 is 0. The predicted molar refractivity (Wildman–Crippen MR) is 76.4 cm³/mol.